The van der Waals surface area contributed by atoms with Crippen molar-refractivity contribution in [2.24, 2.45) is 15.0 Å². The third-order valence-electron chi connectivity index (χ3n) is 11.4. The van der Waals surface area contributed by atoms with Crippen molar-refractivity contribution in [1.82, 2.24) is 0 Å². The van der Waals surface area contributed by atoms with Crippen molar-refractivity contribution in [3.63, 3.8) is 0 Å². The predicted molar refractivity (Wildman–Crippen MR) is 289 cm³/mol. The smallest absolute Gasteiger partial charge is 0.158 e. The molecule has 0 atom stereocenters. The molecule has 366 valence electrons. The topological polar surface area (TPSA) is 97.5 Å². The van der Waals surface area contributed by atoms with Crippen LogP contribution in [0.1, 0.15) is 81.5 Å². The first-order chi connectivity index (χ1) is 34.2. The number of rotatable bonds is 3. The monoisotopic (exact) mass is 1050 g/mol. The van der Waals surface area contributed by atoms with Crippen LogP contribution in [0.2, 0.25) is 19.6 Å². The molecule has 6 aromatic carbocycles. The van der Waals surface area contributed by atoms with Gasteiger partial charge in [0.1, 0.15) is 25.5 Å². The largest absolute Gasteiger partial charge is 0.381 e. The number of nitrogens with zero attached hydrogens (tertiary/aromatic N) is 3. The molecule has 7 nitrogen and oxygen atoms in total. The summed E-state index contributed by atoms with van der Waals surface area (Å²) in [7, 11) is -1.49. The minimum Gasteiger partial charge on any atom is -0.381 e. The predicted octanol–water partition coefficient (Wildman–Crippen LogP) is 11.8. The molecule has 4 aliphatic heterocycles. The summed E-state index contributed by atoms with van der Waals surface area (Å²) in [5, 5.41) is 0. The second-order valence-corrected chi connectivity index (χ2v) is 23.8. The maximum Gasteiger partial charge on any atom is 0.158 e. The van der Waals surface area contributed by atoms with Crippen LogP contribution in [0.5, 0.6) is 0 Å². The third-order valence-corrected chi connectivity index (χ3v) is 12.8. The molecular formula is C60H55BrF3N3O4Si. The number of benzene rings is 6. The van der Waals surface area contributed by atoms with Crippen molar-refractivity contribution >= 4 is 58.5 Å². The van der Waals surface area contributed by atoms with Gasteiger partial charge in [-0.1, -0.05) is 109 Å². The fourth-order valence-corrected chi connectivity index (χ4v) is 8.86. The number of ketones is 3. The van der Waals surface area contributed by atoms with Crippen LogP contribution in [0.25, 0.3) is 0 Å². The Morgan fingerprint density at radius 2 is 0.903 bits per heavy atom. The van der Waals surface area contributed by atoms with Crippen molar-refractivity contribution in [2.75, 3.05) is 32.8 Å². The molecule has 0 unspecified atom stereocenters. The summed E-state index contributed by atoms with van der Waals surface area (Å²) in [5.41, 5.74) is 12.7. The van der Waals surface area contributed by atoms with Gasteiger partial charge in [0, 0.05) is 81.5 Å². The molecule has 4 aliphatic rings. The number of hydrogen-bond acceptors (Lipinski definition) is 7. The first-order valence-electron chi connectivity index (χ1n) is 23.2. The van der Waals surface area contributed by atoms with E-state index in [0.717, 1.165) is 56.6 Å². The Balaban J connectivity index is 0.000000168. The number of fused-ring (bicyclic) bond motifs is 3. The lowest BCUT2D eigenvalue weighted by atomic mass is 9.94. The highest BCUT2D eigenvalue weighted by molar-refractivity contribution is 9.10. The van der Waals surface area contributed by atoms with Gasteiger partial charge < -0.3 is 4.74 Å². The highest BCUT2D eigenvalue weighted by atomic mass is 79.9. The normalized spacial score (nSPS) is 14.6. The summed E-state index contributed by atoms with van der Waals surface area (Å²) in [5.74, 6) is 4.86. The van der Waals surface area contributed by atoms with E-state index in [1.54, 1.807) is 66.7 Å². The molecule has 0 aliphatic carbocycles. The molecule has 10 rings (SSSR count). The second kappa shape index (κ2) is 25.3. The zero-order chi connectivity index (χ0) is 50.5. The van der Waals surface area contributed by atoms with Crippen LogP contribution in [-0.4, -0.2) is 75.4 Å². The van der Waals surface area contributed by atoms with E-state index in [-0.39, 0.29) is 61.9 Å². The number of aliphatic imine (C=N–C) groups is 3. The molecule has 72 heavy (non-hydrogen) atoms. The lowest BCUT2D eigenvalue weighted by Crippen LogP contribution is -2.16. The summed E-state index contributed by atoms with van der Waals surface area (Å²) in [4.78, 5) is 48.7. The third kappa shape index (κ3) is 14.5. The van der Waals surface area contributed by atoms with E-state index < -0.39 is 8.07 Å². The first kappa shape index (κ1) is 54.2. The summed E-state index contributed by atoms with van der Waals surface area (Å²) >= 11 is 3.42. The molecule has 0 saturated carbocycles. The summed E-state index contributed by atoms with van der Waals surface area (Å²) in [6.45, 7) is 8.80. The maximum absolute atomic E-state index is 14.3. The molecule has 0 aromatic heterocycles. The van der Waals surface area contributed by atoms with Crippen LogP contribution in [0.4, 0.5) is 13.2 Å². The number of carbonyl (C=O) groups is 3. The summed E-state index contributed by atoms with van der Waals surface area (Å²) in [6, 6.07) is 36.3. The molecule has 0 spiro atoms. The fraction of sp³-hybridized carbons (Fsp3) is 0.233. The zero-order valence-corrected chi connectivity index (χ0v) is 42.3. The average Bonchev–Trinajstić information content (AvgIpc) is 3.79. The van der Waals surface area contributed by atoms with Gasteiger partial charge in [-0.3, -0.25) is 29.4 Å². The lowest BCUT2D eigenvalue weighted by molar-refractivity contribution is -0.117. The van der Waals surface area contributed by atoms with Gasteiger partial charge >= 0.3 is 0 Å². The second-order valence-electron chi connectivity index (χ2n) is 18.1. The minimum absolute atomic E-state index is 0. The number of ether oxygens (including phenoxy) is 1. The Kier molecular flexibility index (Phi) is 19.1. The highest BCUT2D eigenvalue weighted by Crippen LogP contribution is 2.27. The summed E-state index contributed by atoms with van der Waals surface area (Å²) < 4.78 is 48.2. The SMILES string of the molecule is C.C#Cc1ccc2c(c1)C(c1ccccc1F)=NCC(=O)C2.C1CCOC1.C[Si](C)(C)C#Cc1ccc2c(c1)C(c1ccccc1F)=NCC(=O)C2.O=C1CN=C(c2ccccc2F)c2cc(Br)ccc2C1. The fourth-order valence-electron chi connectivity index (χ4n) is 7.98. The van der Waals surface area contributed by atoms with Crippen LogP contribution in [-0.2, 0) is 38.4 Å². The van der Waals surface area contributed by atoms with E-state index in [0.29, 0.717) is 58.7 Å². The molecule has 6 aromatic rings. The van der Waals surface area contributed by atoms with Crippen LogP contribution < -0.4 is 0 Å². The molecule has 4 heterocycles. The molecule has 1 saturated heterocycles. The average molecular weight is 1050 g/mol. The molecule has 1 fully saturated rings. The van der Waals surface area contributed by atoms with Gasteiger partial charge in [-0.2, -0.15) is 0 Å². The van der Waals surface area contributed by atoms with Crippen molar-refractivity contribution < 1.29 is 32.3 Å². The molecule has 0 amide bonds. The molecular weight excluding hydrogens is 992 g/mol. The number of carbonyl (C=O) groups excluding carboxylic acids is 3. The van der Waals surface area contributed by atoms with E-state index in [9.17, 15) is 27.6 Å². The molecule has 0 radical (unpaired) electrons. The molecule has 0 bridgehead atoms. The van der Waals surface area contributed by atoms with Crippen molar-refractivity contribution in [3.8, 4) is 23.8 Å². The van der Waals surface area contributed by atoms with Crippen LogP contribution in [0.3, 0.4) is 0 Å². The van der Waals surface area contributed by atoms with Gasteiger partial charge in [0.25, 0.3) is 0 Å². The minimum atomic E-state index is -1.49. The van der Waals surface area contributed by atoms with E-state index >= 15 is 0 Å². The quantitative estimate of drug-likeness (QED) is 0.130. The van der Waals surface area contributed by atoms with Crippen LogP contribution in [0.15, 0.2) is 147 Å². The van der Waals surface area contributed by atoms with Gasteiger partial charge in [-0.15, -0.1) is 12.0 Å². The van der Waals surface area contributed by atoms with Gasteiger partial charge in [-0.25, -0.2) is 13.2 Å². The van der Waals surface area contributed by atoms with Crippen molar-refractivity contribution in [3.05, 3.63) is 211 Å². The Morgan fingerprint density at radius 1 is 0.528 bits per heavy atom. The number of hydrogen-bond donors (Lipinski definition) is 0. The van der Waals surface area contributed by atoms with E-state index in [2.05, 4.69) is 67.9 Å². The number of terminal acetylenes is 1. The highest BCUT2D eigenvalue weighted by Gasteiger charge is 2.24. The number of Topliss-reactive ketones (excluding diaryl/α,β-unsaturated/α-hetero) is 3. The van der Waals surface area contributed by atoms with Crippen molar-refractivity contribution in [1.29, 1.82) is 0 Å². The van der Waals surface area contributed by atoms with Gasteiger partial charge in [0.05, 0.1) is 36.8 Å². The van der Waals surface area contributed by atoms with Crippen LogP contribution in [0, 0.1) is 41.3 Å². The van der Waals surface area contributed by atoms with Gasteiger partial charge in [0.2, 0.25) is 0 Å². The first-order valence-corrected chi connectivity index (χ1v) is 27.5. The molecule has 12 heteroatoms. The van der Waals surface area contributed by atoms with Crippen LogP contribution >= 0.6 is 15.9 Å². The van der Waals surface area contributed by atoms with Gasteiger partial charge in [0.15, 0.2) is 17.3 Å². The summed E-state index contributed by atoms with van der Waals surface area (Å²) in [6.07, 6.45) is 8.94. The Labute approximate surface area is 430 Å². The lowest BCUT2D eigenvalue weighted by Gasteiger charge is -2.11. The Bertz CT molecular complexity index is 3200. The number of halogens is 4. The maximum atomic E-state index is 14.3. The standard InChI is InChI=1S/C21H20FNOSi.C18H12FNO.C16H11BrFNO.C4H8O.CH4/c1-25(2,3)11-10-15-8-9-16-13-17(24)14-23-21(19(16)12-15)18-6-4-5-7-20(18)22;1-2-12-7-8-13-10-14(21)11-20-18(16(13)9-12)15-5-3-4-6-17(15)19;17-11-6-5-10-7-12(20)9-19-16(14(10)8-11)13-3-1-2-4-15(13)18;1-2-4-5-3-1;/h4-9,12H,13-14H2,1-3H3;1,3-9H,10-11H2;1-6,8H,7,9H2;1-4H2;1H4. The van der Waals surface area contributed by atoms with E-state index in [1.807, 2.05) is 42.5 Å². The molecule has 0 N–H and O–H groups in total. The Hall–Kier alpha value is -7.09. The zero-order valence-electron chi connectivity index (χ0n) is 39.8. The van der Waals surface area contributed by atoms with E-state index in [1.165, 1.54) is 31.0 Å². The van der Waals surface area contributed by atoms with Gasteiger partial charge in [-0.05, 0) is 102 Å². The van der Waals surface area contributed by atoms with E-state index in [4.69, 9.17) is 11.2 Å². The Morgan fingerprint density at radius 3 is 1.28 bits per heavy atom. The van der Waals surface area contributed by atoms with Crippen molar-refractivity contribution in [2.45, 2.75) is 59.2 Å².